The minimum Gasteiger partial charge on any atom is -0.409 e. The summed E-state index contributed by atoms with van der Waals surface area (Å²) in [4.78, 5) is 33.7. The Morgan fingerprint density at radius 3 is 2.56 bits per heavy atom. The number of anilines is 1. The van der Waals surface area contributed by atoms with Crippen molar-refractivity contribution in [3.05, 3.63) is 74.8 Å². The molecule has 0 amide bonds. The number of halogens is 3. The number of aromatic amines is 2. The highest BCUT2D eigenvalue weighted by molar-refractivity contribution is 5.82. The molecular formula is C22H19F3N6O3. The second-order valence-corrected chi connectivity index (χ2v) is 7.98. The van der Waals surface area contributed by atoms with Gasteiger partial charge in [0.25, 0.3) is 5.56 Å². The average Bonchev–Trinajstić information content (AvgIpc) is 3.27. The molecule has 0 unspecified atom stereocenters. The molecule has 3 aromatic heterocycles. The molecule has 1 aliphatic heterocycles. The third kappa shape index (κ3) is 4.31. The van der Waals surface area contributed by atoms with Crippen molar-refractivity contribution >= 4 is 16.8 Å². The van der Waals surface area contributed by atoms with E-state index >= 15 is 0 Å². The zero-order chi connectivity index (χ0) is 23.9. The summed E-state index contributed by atoms with van der Waals surface area (Å²) in [5, 5.41) is 7.44. The summed E-state index contributed by atoms with van der Waals surface area (Å²) < 4.78 is 43.3. The maximum absolute atomic E-state index is 12.8. The minimum absolute atomic E-state index is 0.197. The highest BCUT2D eigenvalue weighted by atomic mass is 19.4. The normalized spacial score (nSPS) is 15.2. The summed E-state index contributed by atoms with van der Waals surface area (Å²) in [6.45, 7) is 3.22. The van der Waals surface area contributed by atoms with E-state index in [1.54, 1.807) is 24.4 Å². The van der Waals surface area contributed by atoms with Crippen molar-refractivity contribution in [2.75, 3.05) is 31.1 Å². The van der Waals surface area contributed by atoms with Crippen molar-refractivity contribution in [1.82, 2.24) is 25.1 Å². The van der Waals surface area contributed by atoms with Gasteiger partial charge in [0.15, 0.2) is 0 Å². The molecule has 4 aromatic rings. The number of rotatable bonds is 4. The molecule has 1 aliphatic rings. The van der Waals surface area contributed by atoms with Gasteiger partial charge >= 0.3 is 11.9 Å². The van der Waals surface area contributed by atoms with Gasteiger partial charge in [-0.25, -0.2) is 9.78 Å². The van der Waals surface area contributed by atoms with Gasteiger partial charge in [-0.15, -0.1) is 0 Å². The fourth-order valence-corrected chi connectivity index (χ4v) is 4.03. The second kappa shape index (κ2) is 8.45. The first-order valence-corrected chi connectivity index (χ1v) is 10.5. The van der Waals surface area contributed by atoms with Gasteiger partial charge < -0.3 is 9.32 Å². The molecule has 34 heavy (non-hydrogen) atoms. The van der Waals surface area contributed by atoms with Crippen molar-refractivity contribution in [2.45, 2.75) is 12.7 Å². The summed E-state index contributed by atoms with van der Waals surface area (Å²) in [6.07, 6.45) is -1.75. The predicted octanol–water partition coefficient (Wildman–Crippen LogP) is 2.61. The summed E-state index contributed by atoms with van der Waals surface area (Å²) in [5.41, 5.74) is 1.21. The van der Waals surface area contributed by atoms with Crippen LogP contribution in [0.3, 0.4) is 0 Å². The van der Waals surface area contributed by atoms with E-state index in [4.69, 9.17) is 4.42 Å². The van der Waals surface area contributed by atoms with Gasteiger partial charge in [-0.1, -0.05) is 0 Å². The van der Waals surface area contributed by atoms with Crippen LogP contribution in [0.2, 0.25) is 0 Å². The number of fused-ring (bicyclic) bond motifs is 1. The molecule has 0 spiro atoms. The lowest BCUT2D eigenvalue weighted by atomic mass is 10.1. The quantitative estimate of drug-likeness (QED) is 0.470. The van der Waals surface area contributed by atoms with Crippen molar-refractivity contribution in [3.63, 3.8) is 0 Å². The molecule has 0 saturated carbocycles. The van der Waals surface area contributed by atoms with Gasteiger partial charge in [-0.3, -0.25) is 19.8 Å². The van der Waals surface area contributed by atoms with Gasteiger partial charge in [0.05, 0.1) is 16.6 Å². The highest BCUT2D eigenvalue weighted by Crippen LogP contribution is 2.30. The molecule has 1 saturated heterocycles. The number of benzene rings is 1. The van der Waals surface area contributed by atoms with Gasteiger partial charge in [0, 0.05) is 56.2 Å². The van der Waals surface area contributed by atoms with E-state index in [1.165, 1.54) is 6.07 Å². The maximum atomic E-state index is 12.8. The van der Waals surface area contributed by atoms with Gasteiger partial charge in [0.1, 0.15) is 11.4 Å². The Kier molecular flexibility index (Phi) is 5.44. The fourth-order valence-electron chi connectivity index (χ4n) is 4.03. The van der Waals surface area contributed by atoms with Crippen molar-refractivity contribution in [1.29, 1.82) is 0 Å². The minimum atomic E-state index is -4.40. The van der Waals surface area contributed by atoms with E-state index in [0.29, 0.717) is 49.8 Å². The molecule has 1 aromatic carbocycles. The molecule has 9 nitrogen and oxygen atoms in total. The summed E-state index contributed by atoms with van der Waals surface area (Å²) in [7, 11) is 0. The van der Waals surface area contributed by atoms with Crippen molar-refractivity contribution in [3.8, 4) is 11.3 Å². The number of nitrogens with one attached hydrogen (secondary N) is 2. The Morgan fingerprint density at radius 2 is 1.85 bits per heavy atom. The van der Waals surface area contributed by atoms with Crippen LogP contribution in [-0.2, 0) is 12.7 Å². The first-order valence-electron chi connectivity index (χ1n) is 10.5. The number of aromatic nitrogens is 4. The van der Waals surface area contributed by atoms with Crippen LogP contribution in [-0.4, -0.2) is 51.2 Å². The van der Waals surface area contributed by atoms with Crippen molar-refractivity contribution < 1.29 is 17.6 Å². The van der Waals surface area contributed by atoms with E-state index in [2.05, 4.69) is 25.1 Å². The lowest BCUT2D eigenvalue weighted by Crippen LogP contribution is -2.46. The Labute approximate surface area is 189 Å². The number of hydrogen-bond donors (Lipinski definition) is 2. The standard InChI is InChI=1S/C22H19F3N6O3/c23-22(24,25)15-2-4-18(26-11-15)31-7-5-30(6-8-31)12-14-10-27-29-19(14)13-1-3-17-16(9-13)20(32)28-21(33)34-17/h1-4,9-11H,5-8,12H2,(H,27,29)(H,28,32,33). The van der Waals surface area contributed by atoms with Crippen LogP contribution in [0.25, 0.3) is 22.2 Å². The zero-order valence-electron chi connectivity index (χ0n) is 17.7. The Balaban J connectivity index is 1.28. The smallest absolute Gasteiger partial charge is 0.409 e. The molecule has 0 atom stereocenters. The number of piperazine rings is 1. The fraction of sp³-hybridized carbons (Fsp3) is 0.273. The first-order chi connectivity index (χ1) is 16.3. The van der Waals surface area contributed by atoms with Gasteiger partial charge in [-0.2, -0.15) is 18.3 Å². The largest absolute Gasteiger partial charge is 0.419 e. The number of H-pyrrole nitrogens is 2. The zero-order valence-corrected chi connectivity index (χ0v) is 17.7. The molecule has 12 heteroatoms. The summed E-state index contributed by atoms with van der Waals surface area (Å²) in [5.74, 6) is -0.291. The van der Waals surface area contributed by atoms with E-state index in [9.17, 15) is 22.8 Å². The molecular weight excluding hydrogens is 453 g/mol. The van der Waals surface area contributed by atoms with E-state index in [1.807, 2.05) is 4.90 Å². The molecule has 2 N–H and O–H groups in total. The predicted molar refractivity (Wildman–Crippen MR) is 117 cm³/mol. The lowest BCUT2D eigenvalue weighted by molar-refractivity contribution is -0.137. The lowest BCUT2D eigenvalue weighted by Gasteiger charge is -2.35. The Bertz CT molecular complexity index is 1430. The molecule has 176 valence electrons. The van der Waals surface area contributed by atoms with Crippen LogP contribution < -0.4 is 16.2 Å². The van der Waals surface area contributed by atoms with Crippen LogP contribution in [0.4, 0.5) is 19.0 Å². The molecule has 1 fully saturated rings. The third-order valence-electron chi connectivity index (χ3n) is 5.80. The van der Waals surface area contributed by atoms with Gasteiger partial charge in [-0.05, 0) is 30.3 Å². The highest BCUT2D eigenvalue weighted by Gasteiger charge is 2.31. The van der Waals surface area contributed by atoms with Crippen molar-refractivity contribution in [2.24, 2.45) is 0 Å². The average molecular weight is 472 g/mol. The van der Waals surface area contributed by atoms with E-state index in [-0.39, 0.29) is 11.0 Å². The molecule has 0 aliphatic carbocycles. The van der Waals surface area contributed by atoms with Crippen LogP contribution in [0.5, 0.6) is 0 Å². The van der Waals surface area contributed by atoms with Gasteiger partial charge in [0.2, 0.25) is 0 Å². The second-order valence-electron chi connectivity index (χ2n) is 7.98. The number of pyridine rings is 1. The van der Waals surface area contributed by atoms with E-state index in [0.717, 1.165) is 17.8 Å². The summed E-state index contributed by atoms with van der Waals surface area (Å²) >= 11 is 0. The molecule has 0 bridgehead atoms. The number of nitrogens with zero attached hydrogens (tertiary/aromatic N) is 4. The Hall–Kier alpha value is -3.93. The van der Waals surface area contributed by atoms with Crippen LogP contribution in [0, 0.1) is 0 Å². The first kappa shape index (κ1) is 21.9. The summed E-state index contributed by atoms with van der Waals surface area (Å²) in [6, 6.07) is 7.38. The third-order valence-corrected chi connectivity index (χ3v) is 5.80. The van der Waals surface area contributed by atoms with E-state index < -0.39 is 23.1 Å². The number of hydrogen-bond acceptors (Lipinski definition) is 7. The molecule has 5 rings (SSSR count). The topological polar surface area (TPSA) is 111 Å². The van der Waals surface area contributed by atoms with Crippen LogP contribution in [0.15, 0.2) is 56.7 Å². The van der Waals surface area contributed by atoms with Crippen LogP contribution in [0.1, 0.15) is 11.1 Å². The molecule has 0 radical (unpaired) electrons. The Morgan fingerprint density at radius 1 is 1.06 bits per heavy atom. The monoisotopic (exact) mass is 472 g/mol. The van der Waals surface area contributed by atoms with Crippen LogP contribution >= 0.6 is 0 Å². The number of alkyl halides is 3. The SMILES string of the molecule is O=c1[nH]c(=O)c2cc(-c3n[nH]cc3CN3CCN(c4ccc(C(F)(F)F)cn4)CC3)ccc2o1. The molecule has 4 heterocycles. The maximum Gasteiger partial charge on any atom is 0.419 e.